The zero-order chi connectivity index (χ0) is 12.1. The summed E-state index contributed by atoms with van der Waals surface area (Å²) >= 11 is 2.08. The van der Waals surface area contributed by atoms with Gasteiger partial charge in [0.1, 0.15) is 6.61 Å². The highest BCUT2D eigenvalue weighted by Gasteiger charge is 2.08. The van der Waals surface area contributed by atoms with Crippen molar-refractivity contribution >= 4 is 34.5 Å². The van der Waals surface area contributed by atoms with Crippen LogP contribution >= 0.6 is 22.6 Å². The Morgan fingerprint density at radius 3 is 2.56 bits per heavy atom. The molecule has 0 N–H and O–H groups in total. The predicted molar refractivity (Wildman–Crippen MR) is 66.0 cm³/mol. The molecule has 0 unspecified atom stereocenters. The maximum atomic E-state index is 11.2. The molecule has 1 aromatic carbocycles. The molecule has 0 aliphatic heterocycles. The van der Waals surface area contributed by atoms with Gasteiger partial charge in [-0.15, -0.1) is 0 Å². The van der Waals surface area contributed by atoms with Gasteiger partial charge in [0, 0.05) is 16.1 Å². The van der Waals surface area contributed by atoms with Crippen LogP contribution in [0.1, 0.15) is 22.8 Å². The molecular weight excluding hydrogens is 323 g/mol. The molecule has 0 saturated heterocycles. The Balaban J connectivity index is 2.83. The smallest absolute Gasteiger partial charge is 0.337 e. The van der Waals surface area contributed by atoms with E-state index in [0.717, 1.165) is 9.13 Å². The van der Waals surface area contributed by atoms with Crippen molar-refractivity contribution in [3.8, 4) is 0 Å². The molecule has 0 amide bonds. The highest BCUT2D eigenvalue weighted by atomic mass is 127. The molecule has 5 heteroatoms. The van der Waals surface area contributed by atoms with Crippen molar-refractivity contribution in [3.63, 3.8) is 0 Å². The molecule has 86 valence electrons. The number of halogens is 1. The fourth-order valence-electron chi connectivity index (χ4n) is 1.09. The van der Waals surface area contributed by atoms with Crippen molar-refractivity contribution in [2.24, 2.45) is 0 Å². The van der Waals surface area contributed by atoms with Crippen molar-refractivity contribution in [2.75, 3.05) is 7.11 Å². The molecule has 1 rings (SSSR count). The van der Waals surface area contributed by atoms with Crippen LogP contribution in [0.2, 0.25) is 0 Å². The van der Waals surface area contributed by atoms with Gasteiger partial charge >= 0.3 is 11.9 Å². The van der Waals surface area contributed by atoms with Gasteiger partial charge in [-0.3, -0.25) is 4.79 Å². The van der Waals surface area contributed by atoms with Crippen molar-refractivity contribution in [1.82, 2.24) is 0 Å². The molecule has 4 nitrogen and oxygen atoms in total. The third kappa shape index (κ3) is 3.48. The summed E-state index contributed by atoms with van der Waals surface area (Å²) in [5.74, 6) is -0.704. The Bertz CT molecular complexity index is 414. The Labute approximate surface area is 107 Å². The number of benzene rings is 1. The molecule has 0 radical (unpaired) electrons. The van der Waals surface area contributed by atoms with E-state index in [9.17, 15) is 9.59 Å². The van der Waals surface area contributed by atoms with Gasteiger partial charge < -0.3 is 9.47 Å². The van der Waals surface area contributed by atoms with Crippen molar-refractivity contribution in [2.45, 2.75) is 13.5 Å². The first kappa shape index (κ1) is 13.0. The van der Waals surface area contributed by atoms with Crippen LogP contribution in [0.25, 0.3) is 0 Å². The molecule has 0 saturated carbocycles. The average Bonchev–Trinajstić information content (AvgIpc) is 2.26. The maximum absolute atomic E-state index is 11.2. The lowest BCUT2D eigenvalue weighted by atomic mass is 10.1. The van der Waals surface area contributed by atoms with E-state index in [1.54, 1.807) is 18.2 Å². The number of ether oxygens (including phenoxy) is 2. The van der Waals surface area contributed by atoms with Gasteiger partial charge in [0.2, 0.25) is 0 Å². The molecule has 0 aliphatic rings. The summed E-state index contributed by atoms with van der Waals surface area (Å²) in [5, 5.41) is 0. The van der Waals surface area contributed by atoms with E-state index < -0.39 is 0 Å². The number of hydrogen-bond acceptors (Lipinski definition) is 4. The average molecular weight is 334 g/mol. The van der Waals surface area contributed by atoms with Crippen LogP contribution in [-0.2, 0) is 20.9 Å². The molecule has 1 aromatic rings. The lowest BCUT2D eigenvalue weighted by molar-refractivity contribution is -0.142. The highest BCUT2D eigenvalue weighted by Crippen LogP contribution is 2.16. The van der Waals surface area contributed by atoms with E-state index in [4.69, 9.17) is 4.74 Å². The van der Waals surface area contributed by atoms with Crippen LogP contribution < -0.4 is 0 Å². The topological polar surface area (TPSA) is 52.6 Å². The Morgan fingerprint density at radius 2 is 2.06 bits per heavy atom. The maximum Gasteiger partial charge on any atom is 0.337 e. The second-order valence-electron chi connectivity index (χ2n) is 3.08. The number of rotatable bonds is 3. The van der Waals surface area contributed by atoms with Crippen molar-refractivity contribution < 1.29 is 19.1 Å². The van der Waals surface area contributed by atoms with E-state index in [2.05, 4.69) is 27.3 Å². The fourth-order valence-corrected chi connectivity index (χ4v) is 1.76. The third-order valence-electron chi connectivity index (χ3n) is 1.91. The summed E-state index contributed by atoms with van der Waals surface area (Å²) in [7, 11) is 1.34. The van der Waals surface area contributed by atoms with Crippen LogP contribution in [0, 0.1) is 3.57 Å². The molecule has 0 heterocycles. The first-order chi connectivity index (χ1) is 7.54. The molecule has 0 aliphatic carbocycles. The van der Waals surface area contributed by atoms with Gasteiger partial charge in [0.25, 0.3) is 0 Å². The number of methoxy groups -OCH3 is 1. The first-order valence-corrected chi connectivity index (χ1v) is 5.62. The van der Waals surface area contributed by atoms with Gasteiger partial charge in [-0.05, 0) is 34.7 Å². The lowest BCUT2D eigenvalue weighted by Crippen LogP contribution is -2.04. The summed E-state index contributed by atoms with van der Waals surface area (Å²) in [4.78, 5) is 21.9. The SMILES string of the molecule is COC(=O)c1ccc(COC(C)=O)c(I)c1. The minimum atomic E-state index is -0.378. The van der Waals surface area contributed by atoms with E-state index >= 15 is 0 Å². The largest absolute Gasteiger partial charge is 0.465 e. The van der Waals surface area contributed by atoms with Gasteiger partial charge in [-0.2, -0.15) is 0 Å². The standard InChI is InChI=1S/C11H11IO4/c1-7(13)16-6-9-4-3-8(5-10(9)12)11(14)15-2/h3-5H,6H2,1-2H3. The third-order valence-corrected chi connectivity index (χ3v) is 2.91. The van der Waals surface area contributed by atoms with Gasteiger partial charge in [-0.25, -0.2) is 4.79 Å². The van der Waals surface area contributed by atoms with E-state index in [-0.39, 0.29) is 18.5 Å². The minimum absolute atomic E-state index is 0.217. The van der Waals surface area contributed by atoms with Gasteiger partial charge in [0.15, 0.2) is 0 Å². The molecular formula is C11H11IO4. The van der Waals surface area contributed by atoms with E-state index in [0.29, 0.717) is 5.56 Å². The minimum Gasteiger partial charge on any atom is -0.465 e. The monoisotopic (exact) mass is 334 g/mol. The molecule has 0 spiro atoms. The number of carbonyl (C=O) groups is 2. The molecule has 0 fully saturated rings. The quantitative estimate of drug-likeness (QED) is 0.628. The lowest BCUT2D eigenvalue weighted by Gasteiger charge is -2.06. The number of hydrogen-bond donors (Lipinski definition) is 0. The van der Waals surface area contributed by atoms with E-state index in [1.165, 1.54) is 14.0 Å². The van der Waals surface area contributed by atoms with Crippen LogP contribution in [0.3, 0.4) is 0 Å². The molecule has 0 atom stereocenters. The molecule has 0 bridgehead atoms. The fraction of sp³-hybridized carbons (Fsp3) is 0.273. The second kappa shape index (κ2) is 5.83. The zero-order valence-electron chi connectivity index (χ0n) is 8.95. The normalized spacial score (nSPS) is 9.69. The van der Waals surface area contributed by atoms with Crippen LogP contribution in [0.4, 0.5) is 0 Å². The summed E-state index contributed by atoms with van der Waals surface area (Å²) in [5.41, 5.74) is 1.35. The van der Waals surface area contributed by atoms with Gasteiger partial charge in [0.05, 0.1) is 12.7 Å². The second-order valence-corrected chi connectivity index (χ2v) is 4.24. The number of carbonyl (C=O) groups excluding carboxylic acids is 2. The van der Waals surface area contributed by atoms with Crippen LogP contribution in [0.5, 0.6) is 0 Å². The number of esters is 2. The highest BCUT2D eigenvalue weighted by molar-refractivity contribution is 14.1. The summed E-state index contributed by atoms with van der Waals surface area (Å²) in [6.07, 6.45) is 0. The zero-order valence-corrected chi connectivity index (χ0v) is 11.1. The van der Waals surface area contributed by atoms with E-state index in [1.807, 2.05) is 0 Å². The molecule has 16 heavy (non-hydrogen) atoms. The summed E-state index contributed by atoms with van der Waals surface area (Å²) in [6.45, 7) is 1.57. The summed E-state index contributed by atoms with van der Waals surface area (Å²) in [6, 6.07) is 5.09. The Morgan fingerprint density at radius 1 is 1.38 bits per heavy atom. The predicted octanol–water partition coefficient (Wildman–Crippen LogP) is 2.14. The van der Waals surface area contributed by atoms with Crippen molar-refractivity contribution in [1.29, 1.82) is 0 Å². The first-order valence-electron chi connectivity index (χ1n) is 4.54. The van der Waals surface area contributed by atoms with Gasteiger partial charge in [-0.1, -0.05) is 6.07 Å². The van der Waals surface area contributed by atoms with Crippen LogP contribution in [-0.4, -0.2) is 19.0 Å². The summed E-state index contributed by atoms with van der Waals surface area (Å²) < 4.78 is 10.3. The Kier molecular flexibility index (Phi) is 4.72. The van der Waals surface area contributed by atoms with Crippen LogP contribution in [0.15, 0.2) is 18.2 Å². The van der Waals surface area contributed by atoms with Crippen molar-refractivity contribution in [3.05, 3.63) is 32.9 Å². The molecule has 0 aromatic heterocycles. The Hall–Kier alpha value is -1.11.